The molecule has 2 aromatic rings. The highest BCUT2D eigenvalue weighted by molar-refractivity contribution is 7.91. The van der Waals surface area contributed by atoms with E-state index in [0.717, 1.165) is 18.4 Å². The normalized spacial score (nSPS) is 14.6. The molecule has 2 aromatic carbocycles. The molecule has 0 unspecified atom stereocenters. The van der Waals surface area contributed by atoms with Gasteiger partial charge in [0, 0.05) is 23.5 Å². The summed E-state index contributed by atoms with van der Waals surface area (Å²) in [7, 11) is -3.62. The first-order valence-corrected chi connectivity index (χ1v) is 12.5. The van der Waals surface area contributed by atoms with Crippen LogP contribution in [0.2, 0.25) is 5.02 Å². The van der Waals surface area contributed by atoms with E-state index in [-0.39, 0.29) is 41.0 Å². The lowest BCUT2D eigenvalue weighted by molar-refractivity contribution is -0.261. The van der Waals surface area contributed by atoms with Crippen molar-refractivity contribution in [3.05, 3.63) is 63.7 Å². The third-order valence-electron chi connectivity index (χ3n) is 5.00. The average molecular weight is 601 g/mol. The number of hydrogen-bond donors (Lipinski definition) is 3. The second-order valence-electron chi connectivity index (χ2n) is 8.16. The van der Waals surface area contributed by atoms with Crippen molar-refractivity contribution in [3.63, 3.8) is 0 Å². The molecule has 2 rings (SSSR count). The third-order valence-corrected chi connectivity index (χ3v) is 6.14. The predicted molar refractivity (Wildman–Crippen MR) is 118 cm³/mol. The molecule has 0 saturated carbocycles. The molecule has 0 fully saturated rings. The molecule has 0 aliphatic carbocycles. The quantitative estimate of drug-likeness (QED) is 0.375. The Morgan fingerprint density at radius 1 is 0.895 bits per heavy atom. The summed E-state index contributed by atoms with van der Waals surface area (Å²) < 4.78 is 142. The van der Waals surface area contributed by atoms with Crippen molar-refractivity contribution in [1.82, 2.24) is 5.32 Å². The van der Waals surface area contributed by atoms with Gasteiger partial charge in [0.25, 0.3) is 0 Å². The molecule has 6 nitrogen and oxygen atoms in total. The number of amides is 1. The molecule has 0 aliphatic rings. The van der Waals surface area contributed by atoms with Crippen LogP contribution in [0, 0.1) is 0 Å². The number of aliphatic hydroxyl groups is 1. The van der Waals surface area contributed by atoms with Gasteiger partial charge < -0.3 is 15.7 Å². The fourth-order valence-corrected chi connectivity index (χ4v) is 3.90. The highest BCUT2D eigenvalue weighted by atomic mass is 35.5. The minimum Gasteiger partial charge on any atom is -0.381 e. The van der Waals surface area contributed by atoms with Crippen LogP contribution in [0.1, 0.15) is 22.3 Å². The number of halogens is 10. The number of hydrogen-bond acceptors (Lipinski definition) is 5. The van der Waals surface area contributed by atoms with Crippen LogP contribution < -0.4 is 10.6 Å². The maximum atomic E-state index is 13.8. The zero-order valence-corrected chi connectivity index (χ0v) is 20.5. The Kier molecular flexibility index (Phi) is 8.96. The SMILES string of the molecule is CS(=O)(=O)CC(=O)NCc1ccc(NC[C@](O)(c2cc(C(F)(F)F)cc(C(F)(F)F)c2)C(F)(F)F)cc1Cl. The molecule has 3 N–H and O–H groups in total. The van der Waals surface area contributed by atoms with Gasteiger partial charge >= 0.3 is 18.5 Å². The van der Waals surface area contributed by atoms with Crippen LogP contribution in [0.5, 0.6) is 0 Å². The fourth-order valence-electron chi connectivity index (χ4n) is 3.07. The van der Waals surface area contributed by atoms with Gasteiger partial charge in [0.2, 0.25) is 11.5 Å². The van der Waals surface area contributed by atoms with Crippen LogP contribution in [0.3, 0.4) is 0 Å². The first-order chi connectivity index (χ1) is 17.0. The summed E-state index contributed by atoms with van der Waals surface area (Å²) in [5.41, 5.74) is -10.0. The van der Waals surface area contributed by atoms with E-state index in [4.69, 9.17) is 11.6 Å². The molecule has 0 saturated heterocycles. The van der Waals surface area contributed by atoms with Crippen molar-refractivity contribution in [3.8, 4) is 0 Å². The summed E-state index contributed by atoms with van der Waals surface area (Å²) in [5, 5.41) is 14.6. The van der Waals surface area contributed by atoms with E-state index < -0.39 is 68.9 Å². The number of benzene rings is 2. The molecule has 17 heteroatoms. The third kappa shape index (κ3) is 8.14. The Hall–Kier alpha value is -2.72. The Morgan fingerprint density at radius 2 is 1.39 bits per heavy atom. The molecule has 1 atom stereocenters. The molecule has 0 radical (unpaired) electrons. The average Bonchev–Trinajstić information content (AvgIpc) is 2.73. The van der Waals surface area contributed by atoms with Crippen molar-refractivity contribution in [2.75, 3.05) is 23.9 Å². The molecule has 38 heavy (non-hydrogen) atoms. The predicted octanol–water partition coefficient (Wildman–Crippen LogP) is 4.90. The lowest BCUT2D eigenvalue weighted by Crippen LogP contribution is -2.48. The van der Waals surface area contributed by atoms with E-state index in [2.05, 4.69) is 10.6 Å². The maximum Gasteiger partial charge on any atom is 0.423 e. The molecule has 0 spiro atoms. The largest absolute Gasteiger partial charge is 0.423 e. The van der Waals surface area contributed by atoms with Gasteiger partial charge in [-0.3, -0.25) is 4.79 Å². The van der Waals surface area contributed by atoms with Crippen LogP contribution in [0.15, 0.2) is 36.4 Å². The summed E-state index contributed by atoms with van der Waals surface area (Å²) in [6.45, 7) is -1.87. The minimum absolute atomic E-state index is 0.149. The molecule has 1 amide bonds. The van der Waals surface area contributed by atoms with Crippen molar-refractivity contribution in [1.29, 1.82) is 0 Å². The van der Waals surface area contributed by atoms with E-state index in [1.807, 2.05) is 0 Å². The molecular formula is C21H18ClF9N2O4S. The van der Waals surface area contributed by atoms with E-state index in [1.165, 1.54) is 6.07 Å². The summed E-state index contributed by atoms with van der Waals surface area (Å²) >= 11 is 6.00. The standard InChI is InChI=1S/C21H18ClF9N2O4S/c1-38(36,37)9-17(34)32-8-11-2-3-15(7-16(11)22)33-10-18(35,21(29,30)31)12-4-13(19(23,24)25)6-14(5-12)20(26,27)28/h2-7,33,35H,8-10H2,1H3,(H,32,34)/t18-/m0/s1. The van der Waals surface area contributed by atoms with Gasteiger partial charge in [-0.05, 0) is 41.5 Å². The van der Waals surface area contributed by atoms with E-state index >= 15 is 0 Å². The molecule has 0 bridgehead atoms. The number of anilines is 1. The number of carbonyl (C=O) groups excluding carboxylic acids is 1. The maximum absolute atomic E-state index is 13.8. The van der Waals surface area contributed by atoms with Crippen LogP contribution in [-0.2, 0) is 39.1 Å². The molecule has 0 heterocycles. The molecular weight excluding hydrogens is 583 g/mol. The Balaban J connectivity index is 2.35. The molecule has 0 aliphatic heterocycles. The number of rotatable bonds is 8. The van der Waals surface area contributed by atoms with Gasteiger partial charge in [-0.2, -0.15) is 39.5 Å². The van der Waals surface area contributed by atoms with Gasteiger partial charge in [0.05, 0.1) is 17.7 Å². The van der Waals surface area contributed by atoms with Crippen molar-refractivity contribution in [2.24, 2.45) is 0 Å². The van der Waals surface area contributed by atoms with Gasteiger partial charge in [0.15, 0.2) is 9.84 Å². The highest BCUT2D eigenvalue weighted by Gasteiger charge is 2.56. The van der Waals surface area contributed by atoms with E-state index in [1.54, 1.807) is 0 Å². The number of nitrogens with one attached hydrogen (secondary N) is 2. The highest BCUT2D eigenvalue weighted by Crippen LogP contribution is 2.44. The first kappa shape index (κ1) is 31.5. The van der Waals surface area contributed by atoms with E-state index in [0.29, 0.717) is 0 Å². The van der Waals surface area contributed by atoms with Crippen LogP contribution in [-0.4, -0.2) is 44.2 Å². The number of alkyl halides is 9. The Labute approximate surface area is 214 Å². The second kappa shape index (κ2) is 10.8. The second-order valence-corrected chi connectivity index (χ2v) is 10.7. The van der Waals surface area contributed by atoms with Gasteiger partial charge in [-0.25, -0.2) is 8.42 Å². The first-order valence-electron chi connectivity index (χ1n) is 10.1. The monoisotopic (exact) mass is 600 g/mol. The number of sulfone groups is 1. The van der Waals surface area contributed by atoms with Gasteiger partial charge in [0.1, 0.15) is 5.75 Å². The van der Waals surface area contributed by atoms with Crippen molar-refractivity contribution in [2.45, 2.75) is 30.7 Å². The zero-order chi connectivity index (χ0) is 29.3. The van der Waals surface area contributed by atoms with Crippen molar-refractivity contribution >= 4 is 33.0 Å². The van der Waals surface area contributed by atoms with Gasteiger partial charge in [-0.1, -0.05) is 17.7 Å². The topological polar surface area (TPSA) is 95.5 Å². The summed E-state index contributed by atoms with van der Waals surface area (Å²) in [4.78, 5) is 11.6. The minimum atomic E-state index is -5.72. The Bertz CT molecular complexity index is 1260. The molecule has 0 aromatic heterocycles. The number of carbonyl (C=O) groups is 1. The summed E-state index contributed by atoms with van der Waals surface area (Å²) in [6.07, 6.45) is -15.8. The van der Waals surface area contributed by atoms with E-state index in [9.17, 15) is 57.8 Å². The van der Waals surface area contributed by atoms with Crippen LogP contribution in [0.4, 0.5) is 45.2 Å². The summed E-state index contributed by atoms with van der Waals surface area (Å²) in [5.74, 6) is -1.67. The molecule has 212 valence electrons. The Morgan fingerprint density at radius 3 is 1.82 bits per heavy atom. The zero-order valence-electron chi connectivity index (χ0n) is 18.9. The van der Waals surface area contributed by atoms with Crippen LogP contribution in [0.25, 0.3) is 0 Å². The summed E-state index contributed by atoms with van der Waals surface area (Å²) in [6, 6.07) is 2.50. The van der Waals surface area contributed by atoms with Crippen LogP contribution >= 0.6 is 11.6 Å². The van der Waals surface area contributed by atoms with Crippen molar-refractivity contribution < 1.29 is 57.8 Å². The smallest absolute Gasteiger partial charge is 0.381 e. The lowest BCUT2D eigenvalue weighted by atomic mass is 9.89. The lowest BCUT2D eigenvalue weighted by Gasteiger charge is -2.32. The van der Waals surface area contributed by atoms with Gasteiger partial charge in [-0.15, -0.1) is 0 Å². The fraction of sp³-hybridized carbons (Fsp3) is 0.381.